The van der Waals surface area contributed by atoms with Gasteiger partial charge in [0.15, 0.2) is 5.82 Å². The van der Waals surface area contributed by atoms with Gasteiger partial charge in [-0.05, 0) is 54.8 Å². The van der Waals surface area contributed by atoms with Crippen LogP contribution in [-0.2, 0) is 11.3 Å². The monoisotopic (exact) mass is 471 g/mol. The highest BCUT2D eigenvalue weighted by Crippen LogP contribution is 2.24. The molecule has 5 rings (SSSR count). The summed E-state index contributed by atoms with van der Waals surface area (Å²) in [6.45, 7) is 1.25. The second kappa shape index (κ2) is 9.97. The van der Waals surface area contributed by atoms with Crippen molar-refractivity contribution < 1.29 is 14.0 Å². The minimum Gasteiger partial charge on any atom is -0.352 e. The summed E-state index contributed by atoms with van der Waals surface area (Å²) in [4.78, 5) is 28.2. The Morgan fingerprint density at radius 1 is 1.00 bits per heavy atom. The van der Waals surface area contributed by atoms with E-state index < -0.39 is 0 Å². The molecule has 0 aliphatic carbocycles. The molecule has 1 aliphatic heterocycles. The molecule has 1 N–H and O–H groups in total. The first kappa shape index (κ1) is 22.6. The summed E-state index contributed by atoms with van der Waals surface area (Å²) in [5.41, 5.74) is 2.16. The third kappa shape index (κ3) is 4.87. The van der Waals surface area contributed by atoms with Crippen LogP contribution in [0.15, 0.2) is 85.3 Å². The van der Waals surface area contributed by atoms with E-state index in [0.29, 0.717) is 37.4 Å². The summed E-state index contributed by atoms with van der Waals surface area (Å²) >= 11 is 0. The average molecular weight is 472 g/mol. The van der Waals surface area contributed by atoms with E-state index in [1.807, 2.05) is 59.4 Å². The molecule has 0 radical (unpaired) electrons. The molecule has 8 heteroatoms. The number of para-hydroxylation sites is 1. The Bertz CT molecular complexity index is 1300. The fourth-order valence-corrected chi connectivity index (χ4v) is 4.46. The second-order valence-electron chi connectivity index (χ2n) is 8.65. The molecule has 2 aromatic carbocycles. The highest BCUT2D eigenvalue weighted by atomic mass is 19.1. The van der Waals surface area contributed by atoms with Crippen LogP contribution in [0.5, 0.6) is 0 Å². The van der Waals surface area contributed by atoms with E-state index in [-0.39, 0.29) is 23.5 Å². The zero-order chi connectivity index (χ0) is 24.2. The Morgan fingerprint density at radius 3 is 2.49 bits per heavy atom. The van der Waals surface area contributed by atoms with Crippen LogP contribution in [0.4, 0.5) is 4.39 Å². The van der Waals surface area contributed by atoms with Gasteiger partial charge >= 0.3 is 0 Å². The maximum Gasteiger partial charge on any atom is 0.259 e. The van der Waals surface area contributed by atoms with Crippen LogP contribution in [0, 0.1) is 11.7 Å². The van der Waals surface area contributed by atoms with E-state index in [4.69, 9.17) is 0 Å². The van der Waals surface area contributed by atoms with Crippen LogP contribution in [0.1, 0.15) is 28.8 Å². The first-order valence-electron chi connectivity index (χ1n) is 11.7. The Balaban J connectivity index is 1.33. The molecule has 0 bridgehead atoms. The lowest BCUT2D eigenvalue weighted by molar-refractivity contribution is -0.126. The fourth-order valence-electron chi connectivity index (χ4n) is 4.46. The number of hydrogen-bond acceptors (Lipinski definition) is 3. The number of carbonyl (C=O) groups excluding carboxylic acids is 2. The van der Waals surface area contributed by atoms with E-state index in [1.165, 1.54) is 12.1 Å². The smallest absolute Gasteiger partial charge is 0.259 e. The predicted molar refractivity (Wildman–Crippen MR) is 130 cm³/mol. The Morgan fingerprint density at radius 2 is 1.74 bits per heavy atom. The quantitative estimate of drug-likeness (QED) is 0.463. The minimum absolute atomic E-state index is 0.0996. The number of rotatable bonds is 6. The Kier molecular flexibility index (Phi) is 6.43. The molecule has 2 amide bonds. The summed E-state index contributed by atoms with van der Waals surface area (Å²) < 4.78 is 16.8. The van der Waals surface area contributed by atoms with Gasteiger partial charge in [0.1, 0.15) is 11.4 Å². The zero-order valence-electron chi connectivity index (χ0n) is 19.2. The lowest BCUT2D eigenvalue weighted by atomic mass is 9.96. The fraction of sp³-hybridized carbons (Fsp3) is 0.222. The Labute approximate surface area is 202 Å². The topological polar surface area (TPSA) is 72.2 Å². The van der Waals surface area contributed by atoms with Crippen molar-refractivity contribution in [3.05, 3.63) is 102 Å². The SMILES string of the molecule is O=C(NCc1ccc(F)cc1)C1CCCN(C(=O)c2cnn(-c3ccccc3)c2-n2cccc2)C1. The molecule has 35 heavy (non-hydrogen) atoms. The maximum absolute atomic E-state index is 13.6. The molecular formula is C27H26FN5O2. The molecule has 4 aromatic rings. The van der Waals surface area contributed by atoms with Gasteiger partial charge < -0.3 is 14.8 Å². The van der Waals surface area contributed by atoms with Crippen molar-refractivity contribution >= 4 is 11.8 Å². The molecular weight excluding hydrogens is 445 g/mol. The van der Waals surface area contributed by atoms with Gasteiger partial charge in [-0.25, -0.2) is 9.07 Å². The molecule has 1 unspecified atom stereocenters. The number of hydrogen-bond donors (Lipinski definition) is 1. The number of nitrogens with zero attached hydrogens (tertiary/aromatic N) is 4. The normalized spacial score (nSPS) is 15.7. The number of likely N-dealkylation sites (tertiary alicyclic amines) is 1. The summed E-state index contributed by atoms with van der Waals surface area (Å²) in [5, 5.41) is 7.45. The van der Waals surface area contributed by atoms with Crippen LogP contribution >= 0.6 is 0 Å². The molecule has 1 fully saturated rings. The molecule has 178 valence electrons. The Hall–Kier alpha value is -4.20. The highest BCUT2D eigenvalue weighted by molar-refractivity contribution is 5.97. The van der Waals surface area contributed by atoms with Crippen molar-refractivity contribution in [2.75, 3.05) is 13.1 Å². The van der Waals surface area contributed by atoms with E-state index in [0.717, 1.165) is 17.7 Å². The number of nitrogens with one attached hydrogen (secondary N) is 1. The van der Waals surface area contributed by atoms with Crippen LogP contribution in [0.25, 0.3) is 11.5 Å². The lowest BCUT2D eigenvalue weighted by Crippen LogP contribution is -2.45. The third-order valence-electron chi connectivity index (χ3n) is 6.28. The van der Waals surface area contributed by atoms with Gasteiger partial charge in [0.2, 0.25) is 5.91 Å². The van der Waals surface area contributed by atoms with Crippen molar-refractivity contribution in [2.45, 2.75) is 19.4 Å². The van der Waals surface area contributed by atoms with Crippen LogP contribution in [-0.4, -0.2) is 44.2 Å². The van der Waals surface area contributed by atoms with E-state index >= 15 is 0 Å². The summed E-state index contributed by atoms with van der Waals surface area (Å²) in [7, 11) is 0. The van der Waals surface area contributed by atoms with Crippen molar-refractivity contribution in [2.24, 2.45) is 5.92 Å². The third-order valence-corrected chi connectivity index (χ3v) is 6.28. The van der Waals surface area contributed by atoms with Gasteiger partial charge in [0.05, 0.1) is 17.8 Å². The number of amides is 2. The predicted octanol–water partition coefficient (Wildman–Crippen LogP) is 3.97. The lowest BCUT2D eigenvalue weighted by Gasteiger charge is -2.32. The largest absolute Gasteiger partial charge is 0.352 e. The number of halogens is 1. The van der Waals surface area contributed by atoms with Crippen molar-refractivity contribution in [3.8, 4) is 11.5 Å². The van der Waals surface area contributed by atoms with Gasteiger partial charge in [-0.3, -0.25) is 9.59 Å². The summed E-state index contributed by atoms with van der Waals surface area (Å²) in [5.74, 6) is -0.192. The number of aromatic nitrogens is 3. The minimum atomic E-state index is -0.309. The molecule has 1 saturated heterocycles. The zero-order valence-corrected chi connectivity index (χ0v) is 19.2. The molecule has 3 heterocycles. The molecule has 0 saturated carbocycles. The first-order chi connectivity index (χ1) is 17.1. The number of piperidine rings is 1. The highest BCUT2D eigenvalue weighted by Gasteiger charge is 2.31. The summed E-state index contributed by atoms with van der Waals surface area (Å²) in [6, 6.07) is 19.5. The van der Waals surface area contributed by atoms with E-state index in [1.54, 1.807) is 27.9 Å². The molecule has 0 spiro atoms. The van der Waals surface area contributed by atoms with Crippen LogP contribution in [0.3, 0.4) is 0 Å². The molecule has 2 aromatic heterocycles. The van der Waals surface area contributed by atoms with Crippen LogP contribution < -0.4 is 5.32 Å². The van der Waals surface area contributed by atoms with Gasteiger partial charge in [-0.15, -0.1) is 0 Å². The molecule has 7 nitrogen and oxygen atoms in total. The number of benzene rings is 2. The van der Waals surface area contributed by atoms with Crippen molar-refractivity contribution in [1.82, 2.24) is 24.6 Å². The summed E-state index contributed by atoms with van der Waals surface area (Å²) in [6.07, 6.45) is 6.83. The maximum atomic E-state index is 13.6. The van der Waals surface area contributed by atoms with Crippen LogP contribution in [0.2, 0.25) is 0 Å². The van der Waals surface area contributed by atoms with E-state index in [9.17, 15) is 14.0 Å². The number of carbonyl (C=O) groups is 2. The van der Waals surface area contributed by atoms with Gasteiger partial charge in [0.25, 0.3) is 5.91 Å². The standard InChI is InChI=1S/C27H26FN5O2/c28-22-12-10-20(11-13-22)17-29-25(34)21-7-6-16-32(19-21)27(35)24-18-30-33(23-8-2-1-3-9-23)26(24)31-14-4-5-15-31/h1-5,8-15,18,21H,6-7,16-17,19H2,(H,29,34). The second-order valence-corrected chi connectivity index (χ2v) is 8.65. The molecule has 1 atom stereocenters. The first-order valence-corrected chi connectivity index (χ1v) is 11.7. The van der Waals surface area contributed by atoms with Crippen molar-refractivity contribution in [3.63, 3.8) is 0 Å². The average Bonchev–Trinajstić information content (AvgIpc) is 3.58. The molecule has 1 aliphatic rings. The van der Waals surface area contributed by atoms with Gasteiger partial charge in [-0.1, -0.05) is 30.3 Å². The van der Waals surface area contributed by atoms with Crippen molar-refractivity contribution in [1.29, 1.82) is 0 Å². The van der Waals surface area contributed by atoms with E-state index in [2.05, 4.69) is 10.4 Å². The van der Waals surface area contributed by atoms with Gasteiger partial charge in [-0.2, -0.15) is 5.10 Å². The van der Waals surface area contributed by atoms with Gasteiger partial charge in [0, 0.05) is 32.0 Å².